The molecule has 3 aliphatic rings. The predicted octanol–water partition coefficient (Wildman–Crippen LogP) is 7.01. The highest BCUT2D eigenvalue weighted by Gasteiger charge is 2.44. The quantitative estimate of drug-likeness (QED) is 0.208. The second-order valence-electron chi connectivity index (χ2n) is 13.6. The SMILES string of the molecule is CC[C@H]1CC[C@H](COC)N1[C@H]1C[C@@H](COC2CCC(C(=O)O)CC2)N(C(=O)Cc2cc(Cl)c(NC(=O)c3csc4ccccc34)cc2F)C1. The van der Waals surface area contributed by atoms with E-state index in [1.54, 1.807) is 12.5 Å². The van der Waals surface area contributed by atoms with E-state index in [2.05, 4.69) is 17.1 Å². The molecule has 0 spiro atoms. The van der Waals surface area contributed by atoms with Crippen LogP contribution in [0.4, 0.5) is 10.1 Å². The number of benzene rings is 2. The predicted molar refractivity (Wildman–Crippen MR) is 189 cm³/mol. The first-order valence-electron chi connectivity index (χ1n) is 17.3. The molecule has 2 N–H and O–H groups in total. The van der Waals surface area contributed by atoms with Crippen molar-refractivity contribution in [2.24, 2.45) is 5.92 Å². The zero-order chi connectivity index (χ0) is 34.7. The molecule has 3 aromatic rings. The molecular weight excluding hydrogens is 669 g/mol. The number of aliphatic carboxylic acids is 1. The molecule has 2 aromatic carbocycles. The van der Waals surface area contributed by atoms with Crippen LogP contribution in [0.25, 0.3) is 10.1 Å². The van der Waals surface area contributed by atoms with Crippen molar-refractivity contribution in [3.05, 3.63) is 63.7 Å². The number of fused-ring (bicyclic) bond motifs is 1. The maximum atomic E-state index is 15.6. The number of ether oxygens (including phenoxy) is 2. The zero-order valence-corrected chi connectivity index (χ0v) is 29.6. The van der Waals surface area contributed by atoms with Crippen molar-refractivity contribution in [3.63, 3.8) is 0 Å². The molecule has 4 atom stereocenters. The molecule has 1 aliphatic carbocycles. The third-order valence-electron chi connectivity index (χ3n) is 10.6. The number of methoxy groups -OCH3 is 1. The van der Waals surface area contributed by atoms with Crippen LogP contribution >= 0.6 is 22.9 Å². The lowest BCUT2D eigenvalue weighted by Crippen LogP contribution is -2.47. The van der Waals surface area contributed by atoms with Gasteiger partial charge in [0.2, 0.25) is 5.91 Å². The van der Waals surface area contributed by atoms with Crippen molar-refractivity contribution >= 4 is 56.5 Å². The number of hydrogen-bond donors (Lipinski definition) is 2. The molecule has 0 radical (unpaired) electrons. The second-order valence-corrected chi connectivity index (χ2v) is 14.9. The molecule has 2 aliphatic heterocycles. The van der Waals surface area contributed by atoms with Crippen molar-refractivity contribution in [1.29, 1.82) is 0 Å². The van der Waals surface area contributed by atoms with Crippen LogP contribution in [0.2, 0.25) is 5.02 Å². The number of anilines is 1. The summed E-state index contributed by atoms with van der Waals surface area (Å²) in [5, 5.41) is 14.9. The number of carbonyl (C=O) groups is 3. The standard InChI is InChI=1S/C37H45ClFN3O6S/c1-3-24-10-11-25(19-47-2)42(24)26-16-27(20-48-28-12-8-22(9-13-28)37(45)46)41(18-26)35(43)15-23-14-31(38)33(17-32(23)39)40-36(44)30-21-49-34-7-5-4-6-29(30)34/h4-7,14,17,21-22,24-28H,3,8-13,15-16,18-20H2,1-2H3,(H,40,44)(H,45,46)/t22?,24-,25+,26-,27-,28?/m0/s1. The first-order chi connectivity index (χ1) is 23.7. The molecule has 0 unspecified atom stereocenters. The number of nitrogens with one attached hydrogen (secondary N) is 1. The lowest BCUT2D eigenvalue weighted by atomic mass is 9.87. The number of carboxylic acids is 1. The van der Waals surface area contributed by atoms with Gasteiger partial charge < -0.3 is 24.8 Å². The zero-order valence-electron chi connectivity index (χ0n) is 28.0. The average molecular weight is 714 g/mol. The van der Waals surface area contributed by atoms with E-state index >= 15 is 4.39 Å². The largest absolute Gasteiger partial charge is 0.481 e. The monoisotopic (exact) mass is 713 g/mol. The number of halogens is 2. The average Bonchev–Trinajstić information content (AvgIpc) is 3.83. The maximum absolute atomic E-state index is 15.6. The van der Waals surface area contributed by atoms with E-state index in [9.17, 15) is 19.5 Å². The van der Waals surface area contributed by atoms with Gasteiger partial charge >= 0.3 is 5.97 Å². The molecule has 12 heteroatoms. The third-order valence-corrected chi connectivity index (χ3v) is 11.9. The number of carboxylic acid groups (broad SMARTS) is 1. The summed E-state index contributed by atoms with van der Waals surface area (Å²) in [5.41, 5.74) is 0.790. The summed E-state index contributed by atoms with van der Waals surface area (Å²) >= 11 is 8.03. The molecule has 3 fully saturated rings. The Balaban J connectivity index is 1.16. The van der Waals surface area contributed by atoms with E-state index in [-0.39, 0.29) is 64.7 Å². The highest BCUT2D eigenvalue weighted by atomic mass is 35.5. The second kappa shape index (κ2) is 15.9. The lowest BCUT2D eigenvalue weighted by Gasteiger charge is -2.35. The van der Waals surface area contributed by atoms with Gasteiger partial charge in [0, 0.05) is 47.2 Å². The molecule has 264 valence electrons. The number of hydrogen-bond acceptors (Lipinski definition) is 7. The number of rotatable bonds is 12. The summed E-state index contributed by atoms with van der Waals surface area (Å²) < 4.78 is 28.5. The molecule has 2 saturated heterocycles. The number of nitrogens with zero attached hydrogens (tertiary/aromatic N) is 2. The Labute approximate surface area is 295 Å². The minimum atomic E-state index is -0.755. The number of amides is 2. The summed E-state index contributed by atoms with van der Waals surface area (Å²) in [4.78, 5) is 42.9. The summed E-state index contributed by atoms with van der Waals surface area (Å²) in [6, 6.07) is 10.8. The summed E-state index contributed by atoms with van der Waals surface area (Å²) in [6.45, 7) is 3.67. The molecule has 6 rings (SSSR count). The molecule has 1 aromatic heterocycles. The molecule has 0 bridgehead atoms. The van der Waals surface area contributed by atoms with Crippen LogP contribution in [-0.4, -0.2) is 89.8 Å². The fourth-order valence-corrected chi connectivity index (χ4v) is 9.25. The van der Waals surface area contributed by atoms with E-state index in [4.69, 9.17) is 21.1 Å². The lowest BCUT2D eigenvalue weighted by molar-refractivity contribution is -0.144. The van der Waals surface area contributed by atoms with Crippen molar-refractivity contribution in [1.82, 2.24) is 9.80 Å². The van der Waals surface area contributed by atoms with Crippen LogP contribution in [0.5, 0.6) is 0 Å². The molecular formula is C37H45ClFN3O6S. The minimum absolute atomic E-state index is 0.0471. The fraction of sp³-hybridized carbons (Fsp3) is 0.541. The Kier molecular flexibility index (Phi) is 11.6. The normalized spacial score (nSPS) is 26.0. The van der Waals surface area contributed by atoms with Gasteiger partial charge in [0.15, 0.2) is 0 Å². The smallest absolute Gasteiger partial charge is 0.306 e. The van der Waals surface area contributed by atoms with Crippen LogP contribution < -0.4 is 5.32 Å². The van der Waals surface area contributed by atoms with Gasteiger partial charge in [0.05, 0.1) is 54.0 Å². The van der Waals surface area contributed by atoms with Gasteiger partial charge in [0.25, 0.3) is 5.91 Å². The Hall–Kier alpha value is -3.09. The fourth-order valence-electron chi connectivity index (χ4n) is 8.08. The number of likely N-dealkylation sites (tertiary alicyclic amines) is 2. The molecule has 3 heterocycles. The Morgan fingerprint density at radius 3 is 2.53 bits per heavy atom. The Morgan fingerprint density at radius 1 is 1.04 bits per heavy atom. The summed E-state index contributed by atoms with van der Waals surface area (Å²) in [6.07, 6.45) is 6.16. The molecule has 9 nitrogen and oxygen atoms in total. The Morgan fingerprint density at radius 2 is 1.80 bits per heavy atom. The van der Waals surface area contributed by atoms with Gasteiger partial charge in [0.1, 0.15) is 5.82 Å². The van der Waals surface area contributed by atoms with Gasteiger partial charge in [-0.1, -0.05) is 36.7 Å². The molecule has 1 saturated carbocycles. The van der Waals surface area contributed by atoms with Gasteiger partial charge in [-0.05, 0) is 75.1 Å². The number of carbonyl (C=O) groups excluding carboxylic acids is 2. The molecule has 2 amide bonds. The topological polar surface area (TPSA) is 108 Å². The summed E-state index contributed by atoms with van der Waals surface area (Å²) in [5.74, 6) is -2.30. The Bertz CT molecular complexity index is 1660. The molecule has 49 heavy (non-hydrogen) atoms. The van der Waals surface area contributed by atoms with Crippen LogP contribution in [0.15, 0.2) is 41.8 Å². The summed E-state index contributed by atoms with van der Waals surface area (Å²) in [7, 11) is 1.72. The van der Waals surface area contributed by atoms with Crippen LogP contribution in [-0.2, 0) is 25.5 Å². The number of thiophene rings is 1. The van der Waals surface area contributed by atoms with Gasteiger partial charge in [-0.2, -0.15) is 0 Å². The van der Waals surface area contributed by atoms with Crippen molar-refractivity contribution in [2.45, 2.75) is 95.0 Å². The van der Waals surface area contributed by atoms with E-state index in [0.717, 1.165) is 35.8 Å². The minimum Gasteiger partial charge on any atom is -0.481 e. The van der Waals surface area contributed by atoms with Crippen LogP contribution in [0.1, 0.15) is 74.2 Å². The van der Waals surface area contributed by atoms with Gasteiger partial charge in [-0.25, -0.2) is 4.39 Å². The van der Waals surface area contributed by atoms with Crippen LogP contribution in [0, 0.1) is 11.7 Å². The van der Waals surface area contributed by atoms with Crippen molar-refractivity contribution in [2.75, 3.05) is 32.2 Å². The van der Waals surface area contributed by atoms with Crippen molar-refractivity contribution in [3.8, 4) is 0 Å². The highest BCUT2D eigenvalue weighted by Crippen LogP contribution is 2.36. The van der Waals surface area contributed by atoms with E-state index in [1.807, 2.05) is 29.2 Å². The van der Waals surface area contributed by atoms with Crippen molar-refractivity contribution < 1.29 is 33.4 Å². The van der Waals surface area contributed by atoms with E-state index in [0.29, 0.717) is 57.0 Å². The third kappa shape index (κ3) is 7.96. The van der Waals surface area contributed by atoms with Gasteiger partial charge in [-0.3, -0.25) is 19.3 Å². The van der Waals surface area contributed by atoms with E-state index < -0.39 is 11.8 Å². The van der Waals surface area contributed by atoms with Gasteiger partial charge in [-0.15, -0.1) is 11.3 Å². The van der Waals surface area contributed by atoms with E-state index in [1.165, 1.54) is 23.5 Å². The maximum Gasteiger partial charge on any atom is 0.306 e. The first kappa shape index (κ1) is 35.7. The highest BCUT2D eigenvalue weighted by molar-refractivity contribution is 7.17. The van der Waals surface area contributed by atoms with Crippen LogP contribution in [0.3, 0.4) is 0 Å². The first-order valence-corrected chi connectivity index (χ1v) is 18.6.